The van der Waals surface area contributed by atoms with E-state index in [0.717, 1.165) is 16.8 Å². The van der Waals surface area contributed by atoms with Crippen LogP contribution in [-0.4, -0.2) is 4.57 Å². The van der Waals surface area contributed by atoms with Crippen LogP contribution in [0.1, 0.15) is 25.0 Å². The van der Waals surface area contributed by atoms with Gasteiger partial charge in [0.15, 0.2) is 0 Å². The van der Waals surface area contributed by atoms with Crippen LogP contribution in [0.3, 0.4) is 0 Å². The predicted octanol–water partition coefficient (Wildman–Crippen LogP) is 7.85. The summed E-state index contributed by atoms with van der Waals surface area (Å²) in [7, 11) is 0. The topological polar surface area (TPSA) is 4.93 Å². The van der Waals surface area contributed by atoms with Gasteiger partial charge in [0.05, 0.1) is 11.0 Å². The van der Waals surface area contributed by atoms with E-state index in [4.69, 9.17) is 0 Å². The van der Waals surface area contributed by atoms with Gasteiger partial charge in [0.2, 0.25) is 0 Å². The molecule has 0 aliphatic heterocycles. The summed E-state index contributed by atoms with van der Waals surface area (Å²) in [4.78, 5) is 0. The fraction of sp³-hybridized carbons (Fsp3) is 0.111. The first-order valence-corrected chi connectivity index (χ1v) is 9.53. The van der Waals surface area contributed by atoms with Crippen molar-refractivity contribution in [3.05, 3.63) is 109 Å². The second kappa shape index (κ2) is 8.14. The van der Waals surface area contributed by atoms with E-state index in [-0.39, 0.29) is 0 Å². The largest absolute Gasteiger partial charge is 0.309 e. The molecule has 2 aromatic carbocycles. The smallest absolute Gasteiger partial charge is 0.0622 e. The van der Waals surface area contributed by atoms with E-state index >= 15 is 0 Å². The van der Waals surface area contributed by atoms with E-state index in [1.807, 2.05) is 31.2 Å². The first-order valence-electron chi connectivity index (χ1n) is 9.53. The SMILES string of the molecule is C=C/C=C(\C=C)n1c2ccccc2c2ccc(C)c(C(/C=C\C)=C(\C)C=C)c21. The molecule has 0 unspecified atom stereocenters. The Morgan fingerprint density at radius 1 is 0.964 bits per heavy atom. The monoisotopic (exact) mass is 365 g/mol. The summed E-state index contributed by atoms with van der Waals surface area (Å²) in [6.45, 7) is 18.3. The molecule has 0 spiro atoms. The van der Waals surface area contributed by atoms with E-state index in [9.17, 15) is 0 Å². The zero-order valence-electron chi connectivity index (χ0n) is 17.0. The van der Waals surface area contributed by atoms with E-state index in [2.05, 4.69) is 86.7 Å². The molecule has 1 heteroatoms. The number of nitrogens with zero attached hydrogens (tertiary/aromatic N) is 1. The Balaban J connectivity index is 2.66. The summed E-state index contributed by atoms with van der Waals surface area (Å²) < 4.78 is 2.29. The Hall–Kier alpha value is -3.32. The Morgan fingerprint density at radius 3 is 2.36 bits per heavy atom. The first kappa shape index (κ1) is 19.4. The third-order valence-corrected chi connectivity index (χ3v) is 5.13. The second-order valence-electron chi connectivity index (χ2n) is 6.84. The molecule has 3 rings (SSSR count). The zero-order valence-corrected chi connectivity index (χ0v) is 17.0. The molecular formula is C27H27N. The van der Waals surface area contributed by atoms with Crippen LogP contribution in [0, 0.1) is 6.92 Å². The van der Waals surface area contributed by atoms with Gasteiger partial charge in [-0.25, -0.2) is 0 Å². The van der Waals surface area contributed by atoms with Crippen LogP contribution in [0.2, 0.25) is 0 Å². The molecule has 0 aliphatic carbocycles. The van der Waals surface area contributed by atoms with Crippen molar-refractivity contribution in [1.29, 1.82) is 0 Å². The number of hydrogen-bond acceptors (Lipinski definition) is 0. The summed E-state index contributed by atoms with van der Waals surface area (Å²) >= 11 is 0. The maximum absolute atomic E-state index is 4.05. The van der Waals surface area contributed by atoms with Crippen LogP contribution in [0.25, 0.3) is 33.1 Å². The lowest BCUT2D eigenvalue weighted by molar-refractivity contribution is 1.23. The molecule has 1 heterocycles. The molecule has 3 aromatic rings. The van der Waals surface area contributed by atoms with Gasteiger partial charge < -0.3 is 4.57 Å². The number of aromatic nitrogens is 1. The molecular weight excluding hydrogens is 338 g/mol. The van der Waals surface area contributed by atoms with Gasteiger partial charge in [-0.05, 0) is 55.7 Å². The number of rotatable bonds is 6. The molecule has 0 radical (unpaired) electrons. The van der Waals surface area contributed by atoms with Crippen molar-refractivity contribution >= 4 is 33.1 Å². The molecule has 0 N–H and O–H groups in total. The molecule has 28 heavy (non-hydrogen) atoms. The summed E-state index contributed by atoms with van der Waals surface area (Å²) in [6, 6.07) is 12.9. The van der Waals surface area contributed by atoms with Crippen molar-refractivity contribution in [2.75, 3.05) is 0 Å². The Bertz CT molecular complexity index is 1180. The van der Waals surface area contributed by atoms with Crippen LogP contribution >= 0.6 is 0 Å². The molecule has 0 aliphatic rings. The fourth-order valence-corrected chi connectivity index (χ4v) is 3.81. The third kappa shape index (κ3) is 3.10. The minimum absolute atomic E-state index is 1.00. The van der Waals surface area contributed by atoms with Gasteiger partial charge in [0.25, 0.3) is 0 Å². The normalized spacial score (nSPS) is 13.2. The predicted molar refractivity (Wildman–Crippen MR) is 126 cm³/mol. The maximum atomic E-state index is 4.05. The van der Waals surface area contributed by atoms with Crippen molar-refractivity contribution in [2.24, 2.45) is 0 Å². The molecule has 0 fully saturated rings. The molecule has 140 valence electrons. The molecule has 1 nitrogen and oxygen atoms in total. The van der Waals surface area contributed by atoms with E-state index in [1.54, 1.807) is 0 Å². The number of hydrogen-bond donors (Lipinski definition) is 0. The van der Waals surface area contributed by atoms with Crippen molar-refractivity contribution in [2.45, 2.75) is 20.8 Å². The van der Waals surface area contributed by atoms with Crippen molar-refractivity contribution in [3.8, 4) is 0 Å². The van der Waals surface area contributed by atoms with Gasteiger partial charge in [-0.1, -0.05) is 74.4 Å². The second-order valence-corrected chi connectivity index (χ2v) is 6.84. The van der Waals surface area contributed by atoms with Crippen LogP contribution in [0.5, 0.6) is 0 Å². The average Bonchev–Trinajstić information content (AvgIpc) is 3.04. The minimum atomic E-state index is 1.00. The number of allylic oxidation sites excluding steroid dienone is 9. The quantitative estimate of drug-likeness (QED) is 0.392. The van der Waals surface area contributed by atoms with Crippen LogP contribution in [0.15, 0.2) is 98.2 Å². The number of para-hydroxylation sites is 1. The summed E-state index contributed by atoms with van der Waals surface area (Å²) in [5.41, 5.74) is 8.14. The highest BCUT2D eigenvalue weighted by Gasteiger charge is 2.19. The van der Waals surface area contributed by atoms with Crippen LogP contribution < -0.4 is 0 Å². The van der Waals surface area contributed by atoms with Gasteiger partial charge in [0, 0.05) is 22.0 Å². The Labute approximate surface area is 168 Å². The lowest BCUT2D eigenvalue weighted by atomic mass is 9.93. The lowest BCUT2D eigenvalue weighted by Gasteiger charge is -2.16. The third-order valence-electron chi connectivity index (χ3n) is 5.13. The highest BCUT2D eigenvalue weighted by Crippen LogP contribution is 2.39. The number of benzene rings is 2. The van der Waals surface area contributed by atoms with Crippen molar-refractivity contribution < 1.29 is 0 Å². The van der Waals surface area contributed by atoms with Gasteiger partial charge in [0.1, 0.15) is 0 Å². The molecule has 0 amide bonds. The highest BCUT2D eigenvalue weighted by atomic mass is 15.0. The molecule has 0 atom stereocenters. The summed E-state index contributed by atoms with van der Waals surface area (Å²) in [5.74, 6) is 0. The van der Waals surface area contributed by atoms with Crippen molar-refractivity contribution in [3.63, 3.8) is 0 Å². The van der Waals surface area contributed by atoms with Gasteiger partial charge in [-0.3, -0.25) is 0 Å². The van der Waals surface area contributed by atoms with Crippen LogP contribution in [-0.2, 0) is 0 Å². The molecule has 0 bridgehead atoms. The number of fused-ring (bicyclic) bond motifs is 3. The fourth-order valence-electron chi connectivity index (χ4n) is 3.81. The molecule has 0 saturated heterocycles. The molecule has 1 aromatic heterocycles. The highest BCUT2D eigenvalue weighted by molar-refractivity contribution is 6.14. The minimum Gasteiger partial charge on any atom is -0.309 e. The maximum Gasteiger partial charge on any atom is 0.0622 e. The average molecular weight is 366 g/mol. The van der Waals surface area contributed by atoms with Gasteiger partial charge >= 0.3 is 0 Å². The Morgan fingerprint density at radius 2 is 1.71 bits per heavy atom. The van der Waals surface area contributed by atoms with E-state index in [1.165, 1.54) is 33.0 Å². The van der Waals surface area contributed by atoms with Crippen LogP contribution in [0.4, 0.5) is 0 Å². The standard InChI is InChI=1S/C27H27N/c1-7-13-21(10-4)28-25-16-12-11-15-23(25)24-18-17-20(6)26(27(24)28)22(14-8-2)19(5)9-3/h7-18H,1,3-4H2,2,5-6H3/b14-8-,21-13+,22-19+. The molecule has 0 saturated carbocycles. The lowest BCUT2D eigenvalue weighted by Crippen LogP contribution is -1.99. The summed E-state index contributed by atoms with van der Waals surface area (Å²) in [6.07, 6.45) is 11.9. The Kier molecular flexibility index (Phi) is 5.65. The van der Waals surface area contributed by atoms with E-state index < -0.39 is 0 Å². The van der Waals surface area contributed by atoms with Gasteiger partial charge in [-0.15, -0.1) is 0 Å². The van der Waals surface area contributed by atoms with Crippen molar-refractivity contribution in [1.82, 2.24) is 4.57 Å². The summed E-state index contributed by atoms with van der Waals surface area (Å²) in [5, 5.41) is 2.46. The first-order chi connectivity index (χ1) is 13.6. The number of aryl methyl sites for hydroxylation is 1. The van der Waals surface area contributed by atoms with E-state index in [0.29, 0.717) is 0 Å². The van der Waals surface area contributed by atoms with Gasteiger partial charge in [-0.2, -0.15) is 0 Å². The zero-order chi connectivity index (χ0) is 20.3.